The number of nitrogens with one attached hydrogen (secondary N) is 1. The van der Waals surface area contributed by atoms with Gasteiger partial charge in [-0.05, 0) is 33.6 Å². The quantitative estimate of drug-likeness (QED) is 0.901. The molecule has 1 saturated carbocycles. The molecule has 0 aromatic carbocycles. The van der Waals surface area contributed by atoms with Crippen LogP contribution in [0.2, 0.25) is 0 Å². The molecule has 7 heteroatoms. The van der Waals surface area contributed by atoms with E-state index in [-0.39, 0.29) is 11.6 Å². The van der Waals surface area contributed by atoms with Crippen molar-refractivity contribution in [1.82, 2.24) is 10.3 Å². The summed E-state index contributed by atoms with van der Waals surface area (Å²) in [5, 5.41) is 3.80. The van der Waals surface area contributed by atoms with Crippen molar-refractivity contribution < 1.29 is 13.2 Å². The molecule has 0 bridgehead atoms. The fraction of sp³-hybridized carbons (Fsp3) is 0.769. The maximum absolute atomic E-state index is 12.6. The Morgan fingerprint density at radius 3 is 2.50 bits per heavy atom. The molecule has 1 aromatic rings. The zero-order chi connectivity index (χ0) is 15.0. The summed E-state index contributed by atoms with van der Waals surface area (Å²) in [5.74, 6) is 0. The molecule has 0 aliphatic heterocycles. The van der Waals surface area contributed by atoms with Crippen molar-refractivity contribution in [2.75, 3.05) is 11.4 Å². The molecule has 3 nitrogen and oxygen atoms in total. The van der Waals surface area contributed by atoms with Gasteiger partial charge in [-0.3, -0.25) is 0 Å². The Kier molecular flexibility index (Phi) is 4.30. The van der Waals surface area contributed by atoms with Crippen LogP contribution in [-0.2, 0) is 6.54 Å². The molecule has 1 aromatic heterocycles. The van der Waals surface area contributed by atoms with Gasteiger partial charge in [-0.1, -0.05) is 0 Å². The van der Waals surface area contributed by atoms with Crippen LogP contribution < -0.4 is 10.2 Å². The second kappa shape index (κ2) is 5.52. The molecule has 1 fully saturated rings. The Hall–Kier alpha value is -0.820. The predicted molar refractivity (Wildman–Crippen MR) is 75.1 cm³/mol. The van der Waals surface area contributed by atoms with Gasteiger partial charge in [-0.2, -0.15) is 13.2 Å². The van der Waals surface area contributed by atoms with Gasteiger partial charge in [0.1, 0.15) is 6.54 Å². The van der Waals surface area contributed by atoms with Gasteiger partial charge in [0.2, 0.25) is 0 Å². The highest BCUT2D eigenvalue weighted by atomic mass is 32.1. The summed E-state index contributed by atoms with van der Waals surface area (Å²) in [5.41, 5.74) is -0.0215. The smallest absolute Gasteiger partial charge is 0.336 e. The Balaban J connectivity index is 2.01. The number of rotatable bonds is 5. The van der Waals surface area contributed by atoms with Crippen LogP contribution in [0.1, 0.15) is 38.5 Å². The summed E-state index contributed by atoms with van der Waals surface area (Å²) < 4.78 is 37.8. The third-order valence-corrected chi connectivity index (χ3v) is 3.95. The van der Waals surface area contributed by atoms with Gasteiger partial charge in [0.25, 0.3) is 0 Å². The minimum absolute atomic E-state index is 0.00574. The largest absolute Gasteiger partial charge is 0.406 e. The number of aromatic nitrogens is 1. The summed E-state index contributed by atoms with van der Waals surface area (Å²) in [6.45, 7) is 5.88. The SMILES string of the molecule is CC(C)(C)NCc1cnc(N(CC(F)(F)F)C2CC2)s1. The lowest BCUT2D eigenvalue weighted by Gasteiger charge is -2.22. The molecule has 1 aliphatic carbocycles. The van der Waals surface area contributed by atoms with E-state index in [4.69, 9.17) is 0 Å². The summed E-state index contributed by atoms with van der Waals surface area (Å²) >= 11 is 1.34. The molecule has 1 heterocycles. The van der Waals surface area contributed by atoms with Crippen molar-refractivity contribution in [3.63, 3.8) is 0 Å². The number of nitrogens with zero attached hydrogens (tertiary/aromatic N) is 2. The highest BCUT2D eigenvalue weighted by Gasteiger charge is 2.39. The molecule has 0 amide bonds. The van der Waals surface area contributed by atoms with Crippen LogP contribution in [-0.4, -0.2) is 29.3 Å². The molecule has 0 spiro atoms. The molecule has 0 unspecified atom stereocenters. The maximum Gasteiger partial charge on any atom is 0.406 e. The van der Waals surface area contributed by atoms with E-state index in [1.54, 1.807) is 6.20 Å². The van der Waals surface area contributed by atoms with E-state index < -0.39 is 12.7 Å². The molecule has 2 rings (SSSR count). The zero-order valence-electron chi connectivity index (χ0n) is 11.9. The lowest BCUT2D eigenvalue weighted by molar-refractivity contribution is -0.120. The molecule has 0 radical (unpaired) electrons. The number of hydrogen-bond acceptors (Lipinski definition) is 4. The average molecular weight is 307 g/mol. The van der Waals surface area contributed by atoms with E-state index in [0.717, 1.165) is 17.7 Å². The predicted octanol–water partition coefficient (Wildman–Crippen LogP) is 3.56. The van der Waals surface area contributed by atoms with Crippen molar-refractivity contribution >= 4 is 16.5 Å². The third-order valence-electron chi connectivity index (χ3n) is 2.92. The van der Waals surface area contributed by atoms with Gasteiger partial charge in [0, 0.05) is 29.2 Å². The van der Waals surface area contributed by atoms with Crippen molar-refractivity contribution in [3.05, 3.63) is 11.1 Å². The first-order chi connectivity index (χ1) is 9.14. The van der Waals surface area contributed by atoms with Crippen molar-refractivity contribution in [1.29, 1.82) is 0 Å². The number of hydrogen-bond donors (Lipinski definition) is 1. The number of thiazole rings is 1. The van der Waals surface area contributed by atoms with Gasteiger partial charge in [0.15, 0.2) is 5.13 Å². The minimum atomic E-state index is -4.18. The van der Waals surface area contributed by atoms with Crippen LogP contribution in [0.25, 0.3) is 0 Å². The third kappa shape index (κ3) is 4.94. The second-order valence-corrected chi connectivity index (χ2v) is 7.28. The lowest BCUT2D eigenvalue weighted by atomic mass is 10.1. The Bertz CT molecular complexity index is 446. The van der Waals surface area contributed by atoms with Gasteiger partial charge in [-0.25, -0.2) is 4.98 Å². The first kappa shape index (κ1) is 15.6. The number of halogens is 3. The standard InChI is InChI=1S/C13H20F3N3S/c1-12(2,3)18-7-10-6-17-11(20-10)19(9-4-5-9)8-13(14,15)16/h6,9,18H,4-5,7-8H2,1-3H3. The Morgan fingerprint density at radius 1 is 1.35 bits per heavy atom. The van der Waals surface area contributed by atoms with Crippen molar-refractivity contribution in [3.8, 4) is 0 Å². The van der Waals surface area contributed by atoms with Crippen LogP contribution in [0, 0.1) is 0 Å². The molecule has 0 atom stereocenters. The van der Waals surface area contributed by atoms with Crippen LogP contribution >= 0.6 is 11.3 Å². The van der Waals surface area contributed by atoms with E-state index in [0.29, 0.717) is 11.7 Å². The normalized spacial score (nSPS) is 16.5. The van der Waals surface area contributed by atoms with Crippen LogP contribution in [0.5, 0.6) is 0 Å². The van der Waals surface area contributed by atoms with Crippen LogP contribution in [0.4, 0.5) is 18.3 Å². The zero-order valence-corrected chi connectivity index (χ0v) is 12.7. The average Bonchev–Trinajstić information content (AvgIpc) is 3.00. The van der Waals surface area contributed by atoms with E-state index in [2.05, 4.69) is 31.1 Å². The molecule has 1 aliphatic rings. The van der Waals surface area contributed by atoms with Gasteiger partial charge < -0.3 is 10.2 Å². The summed E-state index contributed by atoms with van der Waals surface area (Å²) in [6.07, 6.45) is -0.862. The maximum atomic E-state index is 12.6. The Labute approximate surface area is 121 Å². The van der Waals surface area contributed by atoms with Gasteiger partial charge in [0.05, 0.1) is 0 Å². The fourth-order valence-electron chi connectivity index (χ4n) is 1.80. The lowest BCUT2D eigenvalue weighted by Crippen LogP contribution is -2.35. The summed E-state index contributed by atoms with van der Waals surface area (Å²) in [7, 11) is 0. The van der Waals surface area contributed by atoms with Crippen LogP contribution in [0.15, 0.2) is 6.20 Å². The monoisotopic (exact) mass is 307 g/mol. The first-order valence-electron chi connectivity index (χ1n) is 6.67. The van der Waals surface area contributed by atoms with E-state index in [1.807, 2.05) is 0 Å². The summed E-state index contributed by atoms with van der Waals surface area (Å²) in [6, 6.07) is 0.00574. The molecule has 1 N–H and O–H groups in total. The first-order valence-corrected chi connectivity index (χ1v) is 7.49. The fourth-order valence-corrected chi connectivity index (χ4v) is 2.72. The Morgan fingerprint density at radius 2 is 2.00 bits per heavy atom. The van der Waals surface area contributed by atoms with E-state index in [9.17, 15) is 13.2 Å². The summed E-state index contributed by atoms with van der Waals surface area (Å²) in [4.78, 5) is 6.52. The molecular weight excluding hydrogens is 287 g/mol. The highest BCUT2D eigenvalue weighted by Crippen LogP contribution is 2.36. The molecule has 0 saturated heterocycles. The van der Waals surface area contributed by atoms with Crippen LogP contribution in [0.3, 0.4) is 0 Å². The number of alkyl halides is 3. The molecule has 20 heavy (non-hydrogen) atoms. The molecular formula is C13H20F3N3S. The van der Waals surface area contributed by atoms with Crippen molar-refractivity contribution in [2.45, 2.75) is 57.9 Å². The topological polar surface area (TPSA) is 28.2 Å². The number of anilines is 1. The minimum Gasteiger partial charge on any atom is -0.336 e. The van der Waals surface area contributed by atoms with Crippen molar-refractivity contribution in [2.24, 2.45) is 0 Å². The van der Waals surface area contributed by atoms with Gasteiger partial charge in [-0.15, -0.1) is 11.3 Å². The van der Waals surface area contributed by atoms with E-state index in [1.165, 1.54) is 16.2 Å². The second-order valence-electron chi connectivity index (χ2n) is 6.19. The molecule has 114 valence electrons. The highest BCUT2D eigenvalue weighted by molar-refractivity contribution is 7.15. The van der Waals surface area contributed by atoms with Gasteiger partial charge >= 0.3 is 6.18 Å². The van der Waals surface area contributed by atoms with E-state index >= 15 is 0 Å².